The maximum absolute atomic E-state index is 11.7. The number of nitrogens with zero attached hydrogens (tertiary/aromatic N) is 2. The predicted molar refractivity (Wildman–Crippen MR) is 123 cm³/mol. The molecule has 6 nitrogen and oxygen atoms in total. The number of carbonyl (C=O) groups is 1. The van der Waals surface area contributed by atoms with Crippen LogP contribution in [0.3, 0.4) is 0 Å². The van der Waals surface area contributed by atoms with Crippen LogP contribution in [-0.4, -0.2) is 50.1 Å². The molecule has 0 fully saturated rings. The fraction of sp³-hybridized carbons (Fsp3) is 0.600. The summed E-state index contributed by atoms with van der Waals surface area (Å²) in [5.41, 5.74) is 2.22. The lowest BCUT2D eigenvalue weighted by molar-refractivity contribution is -0.128. The third-order valence-electron chi connectivity index (χ3n) is 4.01. The van der Waals surface area contributed by atoms with Crippen LogP contribution in [0, 0.1) is 6.92 Å². The zero-order chi connectivity index (χ0) is 19.5. The molecule has 0 heterocycles. The number of amides is 1. The number of aliphatic imine (C=N–C) groups is 1. The van der Waals surface area contributed by atoms with Gasteiger partial charge in [-0.2, -0.15) is 0 Å². The summed E-state index contributed by atoms with van der Waals surface area (Å²) < 4.78 is 6.05. The molecule has 1 rings (SSSR count). The lowest BCUT2D eigenvalue weighted by Gasteiger charge is -2.17. The summed E-state index contributed by atoms with van der Waals surface area (Å²) in [6.07, 6.45) is 1.56. The Morgan fingerprint density at radius 1 is 1.26 bits per heavy atom. The van der Waals surface area contributed by atoms with Crippen molar-refractivity contribution in [2.45, 2.75) is 53.2 Å². The van der Waals surface area contributed by atoms with E-state index in [0.717, 1.165) is 24.3 Å². The van der Waals surface area contributed by atoms with Gasteiger partial charge < -0.3 is 20.3 Å². The van der Waals surface area contributed by atoms with Crippen LogP contribution in [0.2, 0.25) is 0 Å². The van der Waals surface area contributed by atoms with Crippen molar-refractivity contribution in [2.24, 2.45) is 4.99 Å². The first kappa shape index (κ1) is 25.5. The number of hydrogen-bond donors (Lipinski definition) is 2. The van der Waals surface area contributed by atoms with Crippen molar-refractivity contribution < 1.29 is 9.53 Å². The average molecular weight is 490 g/mol. The van der Waals surface area contributed by atoms with Crippen LogP contribution in [0.15, 0.2) is 23.2 Å². The number of aryl methyl sites for hydroxylation is 1. The highest BCUT2D eigenvalue weighted by Gasteiger charge is 2.09. The van der Waals surface area contributed by atoms with Crippen LogP contribution in [-0.2, 0) is 11.3 Å². The Hall–Kier alpha value is -1.51. The topological polar surface area (TPSA) is 66.0 Å². The van der Waals surface area contributed by atoms with Crippen LogP contribution in [0.5, 0.6) is 5.75 Å². The number of hydrogen-bond acceptors (Lipinski definition) is 3. The van der Waals surface area contributed by atoms with Crippen molar-refractivity contribution in [3.8, 4) is 5.75 Å². The van der Waals surface area contributed by atoms with E-state index in [4.69, 9.17) is 4.74 Å². The van der Waals surface area contributed by atoms with E-state index in [1.165, 1.54) is 5.56 Å². The van der Waals surface area contributed by atoms with Crippen molar-refractivity contribution >= 4 is 35.8 Å². The molecule has 0 saturated heterocycles. The number of rotatable bonds is 9. The molecule has 0 spiro atoms. The van der Waals surface area contributed by atoms with Gasteiger partial charge in [-0.25, -0.2) is 4.99 Å². The van der Waals surface area contributed by atoms with Crippen LogP contribution in [0.1, 0.15) is 44.7 Å². The number of nitrogens with one attached hydrogen (secondary N) is 2. The molecular weight excluding hydrogens is 455 g/mol. The van der Waals surface area contributed by atoms with Gasteiger partial charge in [-0.15, -0.1) is 24.0 Å². The first-order chi connectivity index (χ1) is 12.4. The van der Waals surface area contributed by atoms with E-state index in [0.29, 0.717) is 25.5 Å². The molecule has 1 aromatic carbocycles. The number of halogens is 1. The molecule has 1 aromatic rings. The van der Waals surface area contributed by atoms with Gasteiger partial charge in [-0.1, -0.05) is 19.1 Å². The van der Waals surface area contributed by atoms with Crippen molar-refractivity contribution in [1.29, 1.82) is 0 Å². The predicted octanol–water partition coefficient (Wildman–Crippen LogP) is 3.32. The standard InChI is InChI=1S/C20H34N4O2.HI/c1-7-16(4)26-18-13-15(3)9-10-17(18)14-23-20(21-8-2)22-12-11-19(25)24(5)6;/h9-10,13,16H,7-8,11-12,14H2,1-6H3,(H2,21,22,23);1H. The molecule has 7 heteroatoms. The van der Waals surface area contributed by atoms with Crippen LogP contribution in [0.25, 0.3) is 0 Å². The summed E-state index contributed by atoms with van der Waals surface area (Å²) >= 11 is 0. The average Bonchev–Trinajstić information content (AvgIpc) is 2.60. The fourth-order valence-electron chi connectivity index (χ4n) is 2.22. The monoisotopic (exact) mass is 490 g/mol. The van der Waals surface area contributed by atoms with E-state index in [-0.39, 0.29) is 36.0 Å². The Kier molecular flexibility index (Phi) is 12.9. The molecule has 0 saturated carbocycles. The van der Waals surface area contributed by atoms with Gasteiger partial charge in [0, 0.05) is 39.2 Å². The van der Waals surface area contributed by atoms with E-state index in [2.05, 4.69) is 54.6 Å². The summed E-state index contributed by atoms with van der Waals surface area (Å²) in [6.45, 7) is 10.1. The summed E-state index contributed by atoms with van der Waals surface area (Å²) in [5, 5.41) is 6.42. The third kappa shape index (κ3) is 9.83. The van der Waals surface area contributed by atoms with E-state index in [1.807, 2.05) is 6.92 Å². The first-order valence-corrected chi connectivity index (χ1v) is 9.35. The van der Waals surface area contributed by atoms with Crippen LogP contribution < -0.4 is 15.4 Å². The number of guanidine groups is 1. The number of carbonyl (C=O) groups excluding carboxylic acids is 1. The lowest BCUT2D eigenvalue weighted by Crippen LogP contribution is -2.39. The zero-order valence-corrected chi connectivity index (χ0v) is 19.8. The van der Waals surface area contributed by atoms with E-state index in [1.54, 1.807) is 19.0 Å². The van der Waals surface area contributed by atoms with Gasteiger partial charge in [0.05, 0.1) is 12.6 Å². The first-order valence-electron chi connectivity index (χ1n) is 9.35. The quantitative estimate of drug-likeness (QED) is 0.317. The molecule has 2 N–H and O–H groups in total. The van der Waals surface area contributed by atoms with Gasteiger partial charge in [-0.3, -0.25) is 4.79 Å². The molecule has 0 aliphatic carbocycles. The SMILES string of the molecule is CCNC(=NCc1ccc(C)cc1OC(C)CC)NCCC(=O)N(C)C.I. The summed E-state index contributed by atoms with van der Waals surface area (Å²) in [7, 11) is 3.52. The summed E-state index contributed by atoms with van der Waals surface area (Å²) in [5.74, 6) is 1.69. The van der Waals surface area contributed by atoms with Gasteiger partial charge in [0.1, 0.15) is 5.75 Å². The van der Waals surface area contributed by atoms with Crippen molar-refractivity contribution in [3.05, 3.63) is 29.3 Å². The number of benzene rings is 1. The zero-order valence-electron chi connectivity index (χ0n) is 17.5. The molecule has 0 aromatic heterocycles. The minimum Gasteiger partial charge on any atom is -0.490 e. The van der Waals surface area contributed by atoms with Crippen LogP contribution >= 0.6 is 24.0 Å². The maximum Gasteiger partial charge on any atom is 0.223 e. The minimum atomic E-state index is 0. The minimum absolute atomic E-state index is 0. The lowest BCUT2D eigenvalue weighted by atomic mass is 10.1. The van der Waals surface area contributed by atoms with Gasteiger partial charge in [0.2, 0.25) is 5.91 Å². The molecule has 154 valence electrons. The van der Waals surface area contributed by atoms with E-state index in [9.17, 15) is 4.79 Å². The van der Waals surface area contributed by atoms with Crippen molar-refractivity contribution in [1.82, 2.24) is 15.5 Å². The summed E-state index contributed by atoms with van der Waals surface area (Å²) in [6, 6.07) is 6.20. The maximum atomic E-state index is 11.7. The van der Waals surface area contributed by atoms with Gasteiger partial charge in [0.25, 0.3) is 0 Å². The highest BCUT2D eigenvalue weighted by molar-refractivity contribution is 14.0. The van der Waals surface area contributed by atoms with Crippen LogP contribution in [0.4, 0.5) is 0 Å². The highest BCUT2D eigenvalue weighted by Crippen LogP contribution is 2.23. The Morgan fingerprint density at radius 2 is 1.96 bits per heavy atom. The molecule has 1 amide bonds. The van der Waals surface area contributed by atoms with E-state index < -0.39 is 0 Å². The molecule has 1 unspecified atom stereocenters. The Labute approximate surface area is 181 Å². The largest absolute Gasteiger partial charge is 0.490 e. The van der Waals surface area contributed by atoms with Crippen molar-refractivity contribution in [2.75, 3.05) is 27.2 Å². The number of ether oxygens (including phenoxy) is 1. The molecular formula is C20H35IN4O2. The fourth-order valence-corrected chi connectivity index (χ4v) is 2.22. The van der Waals surface area contributed by atoms with Crippen molar-refractivity contribution in [3.63, 3.8) is 0 Å². The Bertz CT molecular complexity index is 606. The molecule has 27 heavy (non-hydrogen) atoms. The molecule has 0 aliphatic heterocycles. The van der Waals surface area contributed by atoms with Gasteiger partial charge in [0.15, 0.2) is 5.96 Å². The second kappa shape index (κ2) is 13.6. The van der Waals surface area contributed by atoms with Gasteiger partial charge >= 0.3 is 0 Å². The summed E-state index contributed by atoms with van der Waals surface area (Å²) in [4.78, 5) is 17.9. The second-order valence-corrected chi connectivity index (χ2v) is 6.61. The van der Waals surface area contributed by atoms with E-state index >= 15 is 0 Å². The smallest absolute Gasteiger partial charge is 0.223 e. The normalized spacial score (nSPS) is 12.0. The molecule has 1 atom stereocenters. The third-order valence-corrected chi connectivity index (χ3v) is 4.01. The molecule has 0 radical (unpaired) electrons. The van der Waals surface area contributed by atoms with Gasteiger partial charge in [-0.05, 0) is 38.8 Å². The highest BCUT2D eigenvalue weighted by atomic mass is 127. The molecule has 0 bridgehead atoms. The Morgan fingerprint density at radius 3 is 2.56 bits per heavy atom. The Balaban J connectivity index is 0.00000676. The second-order valence-electron chi connectivity index (χ2n) is 6.61. The molecule has 0 aliphatic rings.